The molecule has 2 aliphatic rings. The molecule has 0 aromatic heterocycles. The number of nitrogens with zero attached hydrogens (tertiary/aromatic N) is 3. The second-order valence-corrected chi connectivity index (χ2v) is 7.95. The fourth-order valence-electron chi connectivity index (χ4n) is 4.03. The van der Waals surface area contributed by atoms with Gasteiger partial charge in [-0.1, -0.05) is 0 Å². The number of hydrogen-bond donors (Lipinski definition) is 0. The largest absolute Gasteiger partial charge is 0.416 e. The topological polar surface area (TPSA) is 43.9 Å². The van der Waals surface area contributed by atoms with Gasteiger partial charge in [0.2, 0.25) is 5.91 Å². The first-order valence-corrected chi connectivity index (χ1v) is 10.2. The zero-order chi connectivity index (χ0) is 21.0. The molecule has 160 valence electrons. The number of rotatable bonds is 5. The van der Waals surface area contributed by atoms with Crippen LogP contribution in [0.2, 0.25) is 0 Å². The summed E-state index contributed by atoms with van der Waals surface area (Å²) in [5.41, 5.74) is -0.527. The minimum atomic E-state index is -4.42. The summed E-state index contributed by atoms with van der Waals surface area (Å²) < 4.78 is 38.0. The van der Waals surface area contributed by atoms with Gasteiger partial charge in [0.05, 0.1) is 5.56 Å². The smallest absolute Gasteiger partial charge is 0.344 e. The third kappa shape index (κ3) is 5.50. The fourth-order valence-corrected chi connectivity index (χ4v) is 4.03. The van der Waals surface area contributed by atoms with Gasteiger partial charge in [0.1, 0.15) is 0 Å². The molecule has 0 unspecified atom stereocenters. The number of piperidine rings is 1. The molecule has 0 spiro atoms. The molecule has 0 saturated carbocycles. The van der Waals surface area contributed by atoms with Crippen molar-refractivity contribution < 1.29 is 22.8 Å². The molecule has 29 heavy (non-hydrogen) atoms. The maximum atomic E-state index is 12.7. The predicted molar refractivity (Wildman–Crippen MR) is 103 cm³/mol. The normalized spacial score (nSPS) is 18.8. The number of carbonyl (C=O) groups is 2. The molecule has 0 bridgehead atoms. The molecule has 1 aromatic rings. The molecule has 0 aliphatic carbocycles. The molecule has 5 nitrogen and oxygen atoms in total. The molecule has 0 atom stereocenters. The number of benzene rings is 1. The second-order valence-electron chi connectivity index (χ2n) is 7.95. The molecule has 2 amide bonds. The lowest BCUT2D eigenvalue weighted by molar-refractivity contribution is -0.137. The Labute approximate surface area is 169 Å². The summed E-state index contributed by atoms with van der Waals surface area (Å²) in [6, 6.07) is 4.29. The van der Waals surface area contributed by atoms with Crippen molar-refractivity contribution in [1.82, 2.24) is 14.7 Å². The van der Waals surface area contributed by atoms with Gasteiger partial charge < -0.3 is 14.7 Å². The summed E-state index contributed by atoms with van der Waals surface area (Å²) in [4.78, 5) is 31.0. The maximum Gasteiger partial charge on any atom is 0.416 e. The molecule has 0 N–H and O–H groups in total. The minimum Gasteiger partial charge on any atom is -0.344 e. The predicted octanol–water partition coefficient (Wildman–Crippen LogP) is 3.11. The van der Waals surface area contributed by atoms with E-state index in [0.717, 1.165) is 31.8 Å². The summed E-state index contributed by atoms with van der Waals surface area (Å²) in [6.45, 7) is 4.70. The lowest BCUT2D eigenvalue weighted by Gasteiger charge is -2.33. The lowest BCUT2D eigenvalue weighted by atomic mass is 9.95. The minimum absolute atomic E-state index is 0.102. The highest BCUT2D eigenvalue weighted by Crippen LogP contribution is 2.29. The fraction of sp³-hybridized carbons (Fsp3) is 0.619. The highest BCUT2D eigenvalue weighted by atomic mass is 19.4. The van der Waals surface area contributed by atoms with Crippen molar-refractivity contribution in [2.45, 2.75) is 31.9 Å². The average molecular weight is 411 g/mol. The van der Waals surface area contributed by atoms with Crippen molar-refractivity contribution in [2.24, 2.45) is 5.92 Å². The van der Waals surface area contributed by atoms with Crippen LogP contribution >= 0.6 is 0 Å². The van der Waals surface area contributed by atoms with Crippen LogP contribution in [0, 0.1) is 5.92 Å². The van der Waals surface area contributed by atoms with E-state index < -0.39 is 11.7 Å². The summed E-state index contributed by atoms with van der Waals surface area (Å²) in [7, 11) is 1.83. The number of halogens is 3. The Bertz CT molecular complexity index is 707. The van der Waals surface area contributed by atoms with Crippen LogP contribution in [0.15, 0.2) is 24.3 Å². The molecule has 2 heterocycles. The van der Waals surface area contributed by atoms with Crippen molar-refractivity contribution in [3.05, 3.63) is 35.4 Å². The van der Waals surface area contributed by atoms with Gasteiger partial charge in [-0.15, -0.1) is 0 Å². The molecule has 8 heteroatoms. The van der Waals surface area contributed by atoms with Gasteiger partial charge in [0.25, 0.3) is 5.91 Å². The van der Waals surface area contributed by atoms with E-state index >= 15 is 0 Å². The number of likely N-dealkylation sites (tertiary alicyclic amines) is 2. The van der Waals surface area contributed by atoms with Crippen molar-refractivity contribution in [1.29, 1.82) is 0 Å². The second kappa shape index (κ2) is 9.15. The molecule has 1 aromatic carbocycles. The van der Waals surface area contributed by atoms with E-state index in [1.807, 2.05) is 7.05 Å². The van der Waals surface area contributed by atoms with Crippen LogP contribution in [-0.2, 0) is 11.0 Å². The highest BCUT2D eigenvalue weighted by Gasteiger charge is 2.32. The van der Waals surface area contributed by atoms with E-state index in [0.29, 0.717) is 32.5 Å². The standard InChI is InChI=1S/C21H28F3N3O2/c1-25(14-15-26-10-2-3-11-26)19(28)17-8-12-27(13-9-17)20(29)16-4-6-18(7-5-16)21(22,23)24/h4-7,17H,2-3,8-15H2,1H3. The van der Waals surface area contributed by atoms with E-state index in [1.165, 1.54) is 25.0 Å². The third-order valence-corrected chi connectivity index (χ3v) is 5.92. The summed E-state index contributed by atoms with van der Waals surface area (Å²) in [5, 5.41) is 0. The van der Waals surface area contributed by atoms with E-state index in [1.54, 1.807) is 9.80 Å². The molecular formula is C21H28F3N3O2. The van der Waals surface area contributed by atoms with Crippen LogP contribution < -0.4 is 0 Å². The molecule has 2 fully saturated rings. The Kier molecular flexibility index (Phi) is 6.82. The monoisotopic (exact) mass is 411 g/mol. The van der Waals surface area contributed by atoms with Crippen LogP contribution in [0.5, 0.6) is 0 Å². The van der Waals surface area contributed by atoms with Crippen molar-refractivity contribution in [3.63, 3.8) is 0 Å². The van der Waals surface area contributed by atoms with Gasteiger partial charge in [-0.25, -0.2) is 0 Å². The summed E-state index contributed by atoms with van der Waals surface area (Å²) in [5.74, 6) is -0.270. The van der Waals surface area contributed by atoms with Gasteiger partial charge in [0, 0.05) is 44.7 Å². The number of alkyl halides is 3. The first-order chi connectivity index (χ1) is 13.8. The van der Waals surface area contributed by atoms with E-state index in [4.69, 9.17) is 0 Å². The van der Waals surface area contributed by atoms with Crippen LogP contribution in [-0.4, -0.2) is 72.8 Å². The molecular weight excluding hydrogens is 383 g/mol. The first-order valence-electron chi connectivity index (χ1n) is 10.2. The molecule has 2 aliphatic heterocycles. The van der Waals surface area contributed by atoms with Crippen molar-refractivity contribution in [2.75, 3.05) is 46.3 Å². The zero-order valence-electron chi connectivity index (χ0n) is 16.7. The summed E-state index contributed by atoms with van der Waals surface area (Å²) in [6.07, 6.45) is -0.800. The lowest BCUT2D eigenvalue weighted by Crippen LogP contribution is -2.44. The van der Waals surface area contributed by atoms with Gasteiger partial charge in [-0.2, -0.15) is 13.2 Å². The van der Waals surface area contributed by atoms with E-state index in [2.05, 4.69) is 4.90 Å². The summed E-state index contributed by atoms with van der Waals surface area (Å²) >= 11 is 0. The van der Waals surface area contributed by atoms with Crippen molar-refractivity contribution in [3.8, 4) is 0 Å². The Hall–Kier alpha value is -2.09. The Morgan fingerprint density at radius 3 is 2.17 bits per heavy atom. The average Bonchev–Trinajstić information content (AvgIpc) is 3.24. The first kappa shape index (κ1) is 21.6. The Morgan fingerprint density at radius 1 is 1.03 bits per heavy atom. The van der Waals surface area contributed by atoms with E-state index in [-0.39, 0.29) is 23.3 Å². The SMILES string of the molecule is CN(CCN1CCCC1)C(=O)C1CCN(C(=O)c2ccc(C(F)(F)F)cc2)CC1. The quantitative estimate of drug-likeness (QED) is 0.748. The maximum absolute atomic E-state index is 12.7. The van der Waals surface area contributed by atoms with E-state index in [9.17, 15) is 22.8 Å². The number of likely N-dealkylation sites (N-methyl/N-ethyl adjacent to an activating group) is 1. The van der Waals surface area contributed by atoms with Crippen LogP contribution in [0.3, 0.4) is 0 Å². The molecule has 3 rings (SSSR count). The Balaban J connectivity index is 1.47. The number of amides is 2. The van der Waals surface area contributed by atoms with Gasteiger partial charge >= 0.3 is 6.18 Å². The number of carbonyl (C=O) groups excluding carboxylic acids is 2. The van der Waals surface area contributed by atoms with Gasteiger partial charge in [-0.05, 0) is 63.0 Å². The van der Waals surface area contributed by atoms with Crippen LogP contribution in [0.25, 0.3) is 0 Å². The number of hydrogen-bond acceptors (Lipinski definition) is 3. The van der Waals surface area contributed by atoms with Crippen molar-refractivity contribution >= 4 is 11.8 Å². The van der Waals surface area contributed by atoms with Gasteiger partial charge in [0.15, 0.2) is 0 Å². The highest BCUT2D eigenvalue weighted by molar-refractivity contribution is 5.94. The molecule has 2 saturated heterocycles. The third-order valence-electron chi connectivity index (χ3n) is 5.92. The zero-order valence-corrected chi connectivity index (χ0v) is 16.7. The Morgan fingerprint density at radius 2 is 1.62 bits per heavy atom. The molecule has 0 radical (unpaired) electrons. The van der Waals surface area contributed by atoms with Gasteiger partial charge in [-0.3, -0.25) is 9.59 Å². The van der Waals surface area contributed by atoms with Crippen LogP contribution in [0.4, 0.5) is 13.2 Å². The van der Waals surface area contributed by atoms with Crippen LogP contribution in [0.1, 0.15) is 41.6 Å².